The minimum atomic E-state index is -1.35. The predicted molar refractivity (Wildman–Crippen MR) is 55.9 cm³/mol. The number of aliphatic hydroxyl groups excluding tert-OH is 3. The van der Waals surface area contributed by atoms with Crippen molar-refractivity contribution in [1.82, 2.24) is 0 Å². The largest absolute Gasteiger partial charge is 0.394 e. The fourth-order valence-corrected chi connectivity index (χ4v) is 1.33. The molecule has 2 unspecified atom stereocenters. The fraction of sp³-hybridized carbons (Fsp3) is 0.400. The third-order valence-corrected chi connectivity index (χ3v) is 2.32. The molecule has 0 aromatic heterocycles. The van der Waals surface area contributed by atoms with Gasteiger partial charge in [-0.3, -0.25) is 10.1 Å². The molecule has 0 aliphatic carbocycles. The van der Waals surface area contributed by atoms with E-state index in [1.165, 1.54) is 18.2 Å². The van der Waals surface area contributed by atoms with Crippen LogP contribution in [0.25, 0.3) is 0 Å². The molecular weight excluding hydrogens is 214 g/mol. The zero-order valence-corrected chi connectivity index (χ0v) is 8.70. The van der Waals surface area contributed by atoms with Crippen molar-refractivity contribution < 1.29 is 20.2 Å². The molecule has 1 aromatic carbocycles. The van der Waals surface area contributed by atoms with Gasteiger partial charge in [0, 0.05) is 11.6 Å². The monoisotopic (exact) mass is 227 g/mol. The summed E-state index contributed by atoms with van der Waals surface area (Å²) in [5, 5.41) is 38.1. The van der Waals surface area contributed by atoms with E-state index in [1.54, 1.807) is 6.92 Å². The first-order chi connectivity index (χ1) is 7.47. The van der Waals surface area contributed by atoms with Gasteiger partial charge in [0.05, 0.1) is 11.5 Å². The maximum absolute atomic E-state index is 10.6. The third-order valence-electron chi connectivity index (χ3n) is 2.32. The van der Waals surface area contributed by atoms with E-state index in [-0.39, 0.29) is 11.3 Å². The molecule has 0 radical (unpaired) electrons. The predicted octanol–water partition coefficient (Wildman–Crippen LogP) is 0.290. The Labute approximate surface area is 91.9 Å². The lowest BCUT2D eigenvalue weighted by atomic mass is 10.0. The number of aryl methyl sites for hydroxylation is 1. The van der Waals surface area contributed by atoms with E-state index in [1.807, 2.05) is 0 Å². The van der Waals surface area contributed by atoms with Crippen LogP contribution in [0.4, 0.5) is 5.69 Å². The molecule has 0 heterocycles. The molecule has 3 N–H and O–H groups in total. The molecule has 6 nitrogen and oxygen atoms in total. The zero-order chi connectivity index (χ0) is 12.3. The Hall–Kier alpha value is -1.50. The Bertz CT molecular complexity index is 393. The van der Waals surface area contributed by atoms with Crippen LogP contribution in [-0.4, -0.2) is 33.0 Å². The first kappa shape index (κ1) is 12.6. The molecule has 0 amide bonds. The van der Waals surface area contributed by atoms with Gasteiger partial charge in [-0.15, -0.1) is 0 Å². The smallest absolute Gasteiger partial charge is 0.272 e. The van der Waals surface area contributed by atoms with Gasteiger partial charge in [0.2, 0.25) is 0 Å². The normalized spacial score (nSPS) is 14.5. The second kappa shape index (κ2) is 5.02. The first-order valence-electron chi connectivity index (χ1n) is 4.69. The van der Waals surface area contributed by atoms with Gasteiger partial charge < -0.3 is 15.3 Å². The van der Waals surface area contributed by atoms with Gasteiger partial charge >= 0.3 is 0 Å². The maximum Gasteiger partial charge on any atom is 0.272 e. The average molecular weight is 227 g/mol. The third kappa shape index (κ3) is 2.54. The first-order valence-corrected chi connectivity index (χ1v) is 4.69. The van der Waals surface area contributed by atoms with Crippen molar-refractivity contribution in [3.63, 3.8) is 0 Å². The Kier molecular flexibility index (Phi) is 3.94. The van der Waals surface area contributed by atoms with E-state index in [0.29, 0.717) is 5.56 Å². The molecule has 1 aromatic rings. The van der Waals surface area contributed by atoms with Crippen LogP contribution in [-0.2, 0) is 0 Å². The van der Waals surface area contributed by atoms with Crippen LogP contribution in [0.5, 0.6) is 0 Å². The van der Waals surface area contributed by atoms with E-state index in [9.17, 15) is 20.3 Å². The summed E-state index contributed by atoms with van der Waals surface area (Å²) in [6.45, 7) is 0.972. The SMILES string of the molecule is Cc1ccc(C(O)C(O)CO)cc1[N+](=O)[O-]. The summed E-state index contributed by atoms with van der Waals surface area (Å²) in [4.78, 5) is 10.1. The molecular formula is C10H13NO5. The standard InChI is InChI=1S/C10H13NO5/c1-6-2-3-7(4-8(6)11(15)16)10(14)9(13)5-12/h2-4,9-10,12-14H,5H2,1H3. The summed E-state index contributed by atoms with van der Waals surface area (Å²) < 4.78 is 0. The maximum atomic E-state index is 10.6. The lowest BCUT2D eigenvalue weighted by molar-refractivity contribution is -0.385. The summed E-state index contributed by atoms with van der Waals surface area (Å²) in [6.07, 6.45) is -2.67. The van der Waals surface area contributed by atoms with Gasteiger partial charge in [0.1, 0.15) is 12.2 Å². The molecule has 0 spiro atoms. The van der Waals surface area contributed by atoms with Crippen LogP contribution in [0.2, 0.25) is 0 Å². The molecule has 0 saturated heterocycles. The second-order valence-electron chi connectivity index (χ2n) is 3.50. The minimum absolute atomic E-state index is 0.123. The van der Waals surface area contributed by atoms with Gasteiger partial charge in [0.25, 0.3) is 5.69 Å². The number of hydrogen-bond acceptors (Lipinski definition) is 5. The Morgan fingerprint density at radius 3 is 2.56 bits per heavy atom. The highest BCUT2D eigenvalue weighted by molar-refractivity contribution is 5.43. The zero-order valence-electron chi connectivity index (χ0n) is 8.70. The molecule has 2 atom stereocenters. The topological polar surface area (TPSA) is 104 Å². The van der Waals surface area contributed by atoms with Gasteiger partial charge in [-0.05, 0) is 12.5 Å². The van der Waals surface area contributed by atoms with Crippen LogP contribution in [0.1, 0.15) is 17.2 Å². The lowest BCUT2D eigenvalue weighted by Crippen LogP contribution is -2.22. The van der Waals surface area contributed by atoms with Gasteiger partial charge in [-0.2, -0.15) is 0 Å². The highest BCUT2D eigenvalue weighted by Crippen LogP contribution is 2.24. The van der Waals surface area contributed by atoms with Crippen LogP contribution in [0.3, 0.4) is 0 Å². The van der Waals surface area contributed by atoms with Gasteiger partial charge in [-0.25, -0.2) is 0 Å². The van der Waals surface area contributed by atoms with Crippen LogP contribution < -0.4 is 0 Å². The highest BCUT2D eigenvalue weighted by atomic mass is 16.6. The van der Waals surface area contributed by atoms with Gasteiger partial charge in [0.15, 0.2) is 0 Å². The molecule has 0 aliphatic heterocycles. The Morgan fingerprint density at radius 1 is 1.44 bits per heavy atom. The van der Waals surface area contributed by atoms with E-state index in [0.717, 1.165) is 0 Å². The number of nitro benzene ring substituents is 1. The molecule has 6 heteroatoms. The van der Waals surface area contributed by atoms with Crippen molar-refractivity contribution in [2.24, 2.45) is 0 Å². The van der Waals surface area contributed by atoms with Crippen molar-refractivity contribution in [2.75, 3.05) is 6.61 Å². The number of benzene rings is 1. The number of aliphatic hydroxyl groups is 3. The Balaban J connectivity index is 3.07. The average Bonchev–Trinajstić information content (AvgIpc) is 2.27. The molecule has 0 aliphatic rings. The van der Waals surface area contributed by atoms with E-state index in [2.05, 4.69) is 0 Å². The van der Waals surface area contributed by atoms with Crippen molar-refractivity contribution in [1.29, 1.82) is 0 Å². The molecule has 0 saturated carbocycles. The second-order valence-corrected chi connectivity index (χ2v) is 3.50. The minimum Gasteiger partial charge on any atom is -0.394 e. The fourth-order valence-electron chi connectivity index (χ4n) is 1.33. The quantitative estimate of drug-likeness (QED) is 0.506. The van der Waals surface area contributed by atoms with Gasteiger partial charge in [-0.1, -0.05) is 12.1 Å². The number of nitrogens with zero attached hydrogens (tertiary/aromatic N) is 1. The molecule has 0 fully saturated rings. The number of rotatable bonds is 4. The number of nitro groups is 1. The van der Waals surface area contributed by atoms with E-state index in [4.69, 9.17) is 5.11 Å². The molecule has 16 heavy (non-hydrogen) atoms. The molecule has 0 bridgehead atoms. The van der Waals surface area contributed by atoms with E-state index < -0.39 is 23.7 Å². The lowest BCUT2D eigenvalue weighted by Gasteiger charge is -2.15. The van der Waals surface area contributed by atoms with Crippen molar-refractivity contribution in [3.05, 3.63) is 39.4 Å². The van der Waals surface area contributed by atoms with Crippen LogP contribution in [0, 0.1) is 17.0 Å². The van der Waals surface area contributed by atoms with Crippen LogP contribution >= 0.6 is 0 Å². The van der Waals surface area contributed by atoms with Crippen molar-refractivity contribution in [2.45, 2.75) is 19.1 Å². The van der Waals surface area contributed by atoms with Crippen LogP contribution in [0.15, 0.2) is 18.2 Å². The molecule has 88 valence electrons. The van der Waals surface area contributed by atoms with Crippen molar-refractivity contribution in [3.8, 4) is 0 Å². The summed E-state index contributed by atoms with van der Waals surface area (Å²) in [7, 11) is 0. The summed E-state index contributed by atoms with van der Waals surface area (Å²) in [6, 6.07) is 4.16. The molecule has 1 rings (SSSR count). The summed E-state index contributed by atoms with van der Waals surface area (Å²) >= 11 is 0. The number of hydrogen-bond donors (Lipinski definition) is 3. The van der Waals surface area contributed by atoms with Crippen molar-refractivity contribution >= 4 is 5.69 Å². The Morgan fingerprint density at radius 2 is 2.06 bits per heavy atom. The summed E-state index contributed by atoms with van der Waals surface area (Å²) in [5.41, 5.74) is 0.556. The summed E-state index contributed by atoms with van der Waals surface area (Å²) in [5.74, 6) is 0. The van der Waals surface area contributed by atoms with E-state index >= 15 is 0 Å². The highest BCUT2D eigenvalue weighted by Gasteiger charge is 2.20.